The molecular weight excluding hydrogens is 140 g/mol. The summed E-state index contributed by atoms with van der Waals surface area (Å²) in [5.74, 6) is 2.04. The van der Waals surface area contributed by atoms with E-state index in [1.165, 1.54) is 12.2 Å². The van der Waals surface area contributed by atoms with E-state index in [0.29, 0.717) is 0 Å². The Morgan fingerprint density at radius 3 is 2.62 bits per heavy atom. The maximum Gasteiger partial charge on any atom is 0.0680 e. The van der Waals surface area contributed by atoms with Crippen molar-refractivity contribution in [3.63, 3.8) is 0 Å². The largest absolute Gasteiger partial charge is 0.145 e. The van der Waals surface area contributed by atoms with Crippen molar-refractivity contribution in [2.45, 2.75) is 20.3 Å². The zero-order valence-corrected chi connectivity index (χ0v) is 7.06. The summed E-state index contributed by atoms with van der Waals surface area (Å²) in [6, 6.07) is 0. The molecule has 0 radical (unpaired) electrons. The summed E-state index contributed by atoms with van der Waals surface area (Å²) in [5, 5.41) is 0.740. The molecule has 50 valence electrons. The molecule has 0 nitrogen and oxygen atoms in total. The Balaban J connectivity index is 2.86. The van der Waals surface area contributed by atoms with E-state index in [9.17, 15) is 0 Å². The minimum absolute atomic E-state index is 0.740. The van der Waals surface area contributed by atoms with Crippen molar-refractivity contribution in [1.82, 2.24) is 0 Å². The highest BCUT2D eigenvalue weighted by molar-refractivity contribution is 8.00. The molecule has 0 fully saturated rings. The van der Waals surface area contributed by atoms with Crippen molar-refractivity contribution in [1.29, 1.82) is 0 Å². The lowest BCUT2D eigenvalue weighted by atomic mass is 10.2. The van der Waals surface area contributed by atoms with Gasteiger partial charge in [0.2, 0.25) is 0 Å². The van der Waals surface area contributed by atoms with Gasteiger partial charge in [-0.05, 0) is 11.7 Å². The summed E-state index contributed by atoms with van der Waals surface area (Å²) < 4.78 is 0. The molecule has 0 aliphatic rings. The van der Waals surface area contributed by atoms with Crippen molar-refractivity contribution in [3.05, 3.63) is 0 Å². The Morgan fingerprint density at radius 2 is 2.25 bits per heavy atom. The third kappa shape index (κ3) is 4.79. The normalized spacial score (nSPS) is 13.9. The first-order valence-corrected chi connectivity index (χ1v) is 4.63. The standard InChI is InChI=1S/C6H13ClS/c1-3-6(2)4-8-5-7/h6H,3-5H2,1-2H3. The maximum absolute atomic E-state index is 5.47. The molecule has 1 atom stereocenters. The molecule has 0 saturated carbocycles. The molecule has 0 N–H and O–H groups in total. The molecule has 1 unspecified atom stereocenters. The number of thioether (sulfide) groups is 1. The van der Waals surface area contributed by atoms with E-state index in [0.717, 1.165) is 11.1 Å². The van der Waals surface area contributed by atoms with Gasteiger partial charge in [0.05, 0.1) is 5.21 Å². The molecule has 2 heteroatoms. The van der Waals surface area contributed by atoms with Crippen LogP contribution in [0.3, 0.4) is 0 Å². The summed E-state index contributed by atoms with van der Waals surface area (Å²) in [5.41, 5.74) is 0. The van der Waals surface area contributed by atoms with Crippen LogP contribution in [0, 0.1) is 5.92 Å². The molecule has 0 bridgehead atoms. The van der Waals surface area contributed by atoms with Gasteiger partial charge in [-0.25, -0.2) is 0 Å². The van der Waals surface area contributed by atoms with E-state index in [2.05, 4.69) is 13.8 Å². The molecule has 0 aromatic rings. The highest BCUT2D eigenvalue weighted by Crippen LogP contribution is 2.11. The van der Waals surface area contributed by atoms with Gasteiger partial charge in [0.15, 0.2) is 0 Å². The SMILES string of the molecule is CCC(C)CSCCl. The van der Waals surface area contributed by atoms with Gasteiger partial charge in [-0.15, -0.1) is 23.4 Å². The van der Waals surface area contributed by atoms with Gasteiger partial charge in [-0.1, -0.05) is 20.3 Å². The highest BCUT2D eigenvalue weighted by Gasteiger charge is 1.95. The molecule has 0 rings (SSSR count). The number of hydrogen-bond donors (Lipinski definition) is 0. The quantitative estimate of drug-likeness (QED) is 0.559. The van der Waals surface area contributed by atoms with Gasteiger partial charge in [-0.2, -0.15) is 0 Å². The Labute approximate surface area is 61.0 Å². The van der Waals surface area contributed by atoms with Crippen molar-refractivity contribution >= 4 is 23.4 Å². The predicted octanol–water partition coefficient (Wildman–Crippen LogP) is 2.96. The molecule has 8 heavy (non-hydrogen) atoms. The average Bonchev–Trinajstić information content (AvgIpc) is 1.83. The molecule has 0 saturated heterocycles. The maximum atomic E-state index is 5.47. The van der Waals surface area contributed by atoms with E-state index in [4.69, 9.17) is 11.6 Å². The summed E-state index contributed by atoms with van der Waals surface area (Å²) in [4.78, 5) is 0. The molecule has 0 spiro atoms. The lowest BCUT2D eigenvalue weighted by Gasteiger charge is -2.03. The second-order valence-corrected chi connectivity index (χ2v) is 3.61. The monoisotopic (exact) mass is 152 g/mol. The molecule has 0 heterocycles. The number of hydrogen-bond acceptors (Lipinski definition) is 1. The Hall–Kier alpha value is 0.640. The van der Waals surface area contributed by atoms with Crippen molar-refractivity contribution < 1.29 is 0 Å². The van der Waals surface area contributed by atoms with Gasteiger partial charge in [0.1, 0.15) is 0 Å². The Bertz CT molecular complexity index is 47.8. The molecule has 0 aromatic heterocycles. The zero-order valence-electron chi connectivity index (χ0n) is 5.48. The summed E-state index contributed by atoms with van der Waals surface area (Å²) in [6.45, 7) is 4.46. The Kier molecular flexibility index (Phi) is 6.23. The topological polar surface area (TPSA) is 0 Å². The third-order valence-electron chi connectivity index (χ3n) is 1.18. The molecule has 0 amide bonds. The molecule has 0 aliphatic heterocycles. The fourth-order valence-electron chi connectivity index (χ4n) is 0.364. The summed E-state index contributed by atoms with van der Waals surface area (Å²) in [6.07, 6.45) is 1.27. The van der Waals surface area contributed by atoms with Crippen LogP contribution in [0.25, 0.3) is 0 Å². The van der Waals surface area contributed by atoms with Crippen LogP contribution in [0.2, 0.25) is 0 Å². The molecular formula is C6H13ClS. The van der Waals surface area contributed by atoms with Crippen LogP contribution in [0.1, 0.15) is 20.3 Å². The van der Waals surface area contributed by atoms with E-state index >= 15 is 0 Å². The molecule has 0 aliphatic carbocycles. The van der Waals surface area contributed by atoms with Gasteiger partial charge in [0.25, 0.3) is 0 Å². The fourth-order valence-corrected chi connectivity index (χ4v) is 1.36. The first-order valence-electron chi connectivity index (χ1n) is 2.95. The lowest BCUT2D eigenvalue weighted by Crippen LogP contribution is -1.94. The summed E-state index contributed by atoms with van der Waals surface area (Å²) in [7, 11) is 0. The van der Waals surface area contributed by atoms with Crippen LogP contribution >= 0.6 is 23.4 Å². The predicted molar refractivity (Wildman–Crippen MR) is 42.6 cm³/mol. The van der Waals surface area contributed by atoms with E-state index < -0.39 is 0 Å². The number of rotatable bonds is 4. The number of alkyl halides is 1. The Morgan fingerprint density at radius 1 is 1.62 bits per heavy atom. The van der Waals surface area contributed by atoms with Gasteiger partial charge in [-0.3, -0.25) is 0 Å². The van der Waals surface area contributed by atoms with E-state index in [1.54, 1.807) is 11.8 Å². The summed E-state index contributed by atoms with van der Waals surface area (Å²) >= 11 is 7.27. The average molecular weight is 153 g/mol. The first-order chi connectivity index (χ1) is 3.81. The number of halogens is 1. The van der Waals surface area contributed by atoms with Crippen LogP contribution in [0.5, 0.6) is 0 Å². The second-order valence-electron chi connectivity index (χ2n) is 1.99. The van der Waals surface area contributed by atoms with Gasteiger partial charge in [0, 0.05) is 0 Å². The minimum Gasteiger partial charge on any atom is -0.145 e. The smallest absolute Gasteiger partial charge is 0.0680 e. The highest BCUT2D eigenvalue weighted by atomic mass is 35.5. The zero-order chi connectivity index (χ0) is 6.41. The van der Waals surface area contributed by atoms with Crippen LogP contribution in [0.15, 0.2) is 0 Å². The lowest BCUT2D eigenvalue weighted by molar-refractivity contribution is 0.637. The third-order valence-corrected chi connectivity index (χ3v) is 2.60. The van der Waals surface area contributed by atoms with Crippen molar-refractivity contribution in [3.8, 4) is 0 Å². The van der Waals surface area contributed by atoms with E-state index in [-0.39, 0.29) is 0 Å². The second kappa shape index (κ2) is 5.77. The van der Waals surface area contributed by atoms with Gasteiger partial charge < -0.3 is 0 Å². The van der Waals surface area contributed by atoms with Gasteiger partial charge >= 0.3 is 0 Å². The fraction of sp³-hybridized carbons (Fsp3) is 1.00. The van der Waals surface area contributed by atoms with Crippen LogP contribution in [-0.4, -0.2) is 11.0 Å². The van der Waals surface area contributed by atoms with Crippen LogP contribution in [-0.2, 0) is 0 Å². The van der Waals surface area contributed by atoms with Crippen molar-refractivity contribution in [2.24, 2.45) is 5.92 Å². The first kappa shape index (κ1) is 8.64. The van der Waals surface area contributed by atoms with E-state index in [1.807, 2.05) is 0 Å². The minimum atomic E-state index is 0.740. The van der Waals surface area contributed by atoms with Crippen LogP contribution < -0.4 is 0 Å². The molecule has 0 aromatic carbocycles. The van der Waals surface area contributed by atoms with Crippen LogP contribution in [0.4, 0.5) is 0 Å². The van der Waals surface area contributed by atoms with Crippen molar-refractivity contribution in [2.75, 3.05) is 11.0 Å².